The molecule has 186 valence electrons. The Bertz CT molecular complexity index is 1260. The molecule has 0 bridgehead atoms. The molecule has 0 spiro atoms. The average molecular weight is 480 g/mol. The van der Waals surface area contributed by atoms with Gasteiger partial charge in [-0.2, -0.15) is 0 Å². The molecular weight excluding hydrogens is 446 g/mol. The number of Topliss-reactive ketones (excluding diaryl/α,β-unsaturated/α-hetero) is 2. The van der Waals surface area contributed by atoms with Gasteiger partial charge in [-0.05, 0) is 83.9 Å². The fraction of sp³-hybridized carbons (Fsp3) is 0.500. The van der Waals surface area contributed by atoms with Gasteiger partial charge in [0.15, 0.2) is 28.3 Å². The van der Waals surface area contributed by atoms with E-state index < -0.39 is 6.10 Å². The molecule has 7 nitrogen and oxygen atoms in total. The van der Waals surface area contributed by atoms with E-state index in [0.29, 0.717) is 47.1 Å². The predicted molar refractivity (Wildman–Crippen MR) is 134 cm³/mol. The lowest BCUT2D eigenvalue weighted by atomic mass is 9.94. The number of benzene rings is 2. The summed E-state index contributed by atoms with van der Waals surface area (Å²) in [4.78, 5) is 42.3. The first-order valence-corrected chi connectivity index (χ1v) is 12.4. The Balaban J connectivity index is 0.000000356. The van der Waals surface area contributed by atoms with Crippen LogP contribution < -0.4 is 5.43 Å². The van der Waals surface area contributed by atoms with E-state index in [2.05, 4.69) is 11.9 Å². The Morgan fingerprint density at radius 2 is 1.69 bits per heavy atom. The van der Waals surface area contributed by atoms with Crippen molar-refractivity contribution in [3.63, 3.8) is 0 Å². The van der Waals surface area contributed by atoms with Gasteiger partial charge in [0.2, 0.25) is 0 Å². The van der Waals surface area contributed by atoms with Crippen molar-refractivity contribution in [1.29, 1.82) is 0 Å². The number of nitrogens with zero attached hydrogens (tertiary/aromatic N) is 1. The maximum atomic E-state index is 13.1. The van der Waals surface area contributed by atoms with Gasteiger partial charge in [-0.15, -0.1) is 0 Å². The number of hydrogen-bond acceptors (Lipinski definition) is 7. The van der Waals surface area contributed by atoms with Gasteiger partial charge in [0, 0.05) is 24.3 Å². The molecule has 0 aromatic heterocycles. The van der Waals surface area contributed by atoms with E-state index in [1.165, 1.54) is 32.3 Å². The minimum atomic E-state index is -0.582. The monoisotopic (exact) mass is 479 g/mol. The summed E-state index contributed by atoms with van der Waals surface area (Å²) in [5, 5.41) is 0. The third kappa shape index (κ3) is 5.36. The number of aromatic nitrogens is 1. The first-order valence-electron chi connectivity index (χ1n) is 12.4. The van der Waals surface area contributed by atoms with Crippen LogP contribution in [0, 0.1) is 13.8 Å². The number of carbonyl (C=O) groups excluding carboxylic acids is 2. The molecule has 2 unspecified atom stereocenters. The molecule has 1 aliphatic carbocycles. The van der Waals surface area contributed by atoms with Crippen LogP contribution in [0.2, 0.25) is 0 Å². The van der Waals surface area contributed by atoms with Gasteiger partial charge in [0.05, 0.1) is 11.7 Å². The van der Waals surface area contributed by atoms with Crippen molar-refractivity contribution in [2.75, 3.05) is 13.2 Å². The van der Waals surface area contributed by atoms with Crippen LogP contribution in [0.1, 0.15) is 84.2 Å². The Hall–Kier alpha value is -2.90. The molecular formula is C28H33NO6. The Kier molecular flexibility index (Phi) is 7.77. The van der Waals surface area contributed by atoms with E-state index in [0.717, 1.165) is 25.0 Å². The van der Waals surface area contributed by atoms with Gasteiger partial charge < -0.3 is 13.9 Å². The lowest BCUT2D eigenvalue weighted by molar-refractivity contribution is 0.0186. The highest BCUT2D eigenvalue weighted by atomic mass is 16.5. The smallest absolute Gasteiger partial charge is 0.193 e. The zero-order valence-corrected chi connectivity index (χ0v) is 20.9. The number of ketones is 2. The van der Waals surface area contributed by atoms with E-state index in [1.807, 2.05) is 6.92 Å². The lowest BCUT2D eigenvalue weighted by Gasteiger charge is -2.22. The quantitative estimate of drug-likeness (QED) is 0.365. The summed E-state index contributed by atoms with van der Waals surface area (Å²) in [5.74, 6) is -0.128. The average Bonchev–Trinajstić information content (AvgIpc) is 2.86. The molecule has 1 aromatic rings. The normalized spacial score (nSPS) is 20.3. The molecule has 3 aliphatic heterocycles. The Labute approximate surface area is 205 Å². The summed E-state index contributed by atoms with van der Waals surface area (Å²) in [6, 6.07) is 4.80. The van der Waals surface area contributed by atoms with Crippen molar-refractivity contribution in [3.05, 3.63) is 50.7 Å². The lowest BCUT2D eigenvalue weighted by Crippen LogP contribution is -2.30. The molecule has 2 atom stereocenters. The fourth-order valence-corrected chi connectivity index (χ4v) is 4.58. The van der Waals surface area contributed by atoms with E-state index in [1.54, 1.807) is 19.1 Å². The number of carbonyl (C=O) groups is 2. The van der Waals surface area contributed by atoms with E-state index in [-0.39, 0.29) is 28.3 Å². The number of ether oxygens (including phenoxy) is 2. The number of fused-ring (bicyclic) bond motifs is 2. The molecule has 2 saturated heterocycles. The molecule has 0 N–H and O–H groups in total. The third-order valence-corrected chi connectivity index (χ3v) is 6.74. The highest BCUT2D eigenvalue weighted by Crippen LogP contribution is 2.33. The van der Waals surface area contributed by atoms with Crippen molar-refractivity contribution >= 4 is 22.7 Å². The number of aryl methyl sites for hydroxylation is 1. The maximum Gasteiger partial charge on any atom is 0.193 e. The minimum Gasteiger partial charge on any atom is -0.452 e. The van der Waals surface area contributed by atoms with Crippen molar-refractivity contribution in [1.82, 2.24) is 4.98 Å². The molecule has 0 radical (unpaired) electrons. The molecule has 7 heteroatoms. The highest BCUT2D eigenvalue weighted by Gasteiger charge is 2.30. The summed E-state index contributed by atoms with van der Waals surface area (Å²) >= 11 is 0. The summed E-state index contributed by atoms with van der Waals surface area (Å²) in [6.45, 7) is 8.61. The van der Waals surface area contributed by atoms with Crippen molar-refractivity contribution in [2.24, 2.45) is 0 Å². The fourth-order valence-electron chi connectivity index (χ4n) is 4.58. The second-order valence-corrected chi connectivity index (χ2v) is 9.50. The van der Waals surface area contributed by atoms with Gasteiger partial charge in [0.25, 0.3) is 0 Å². The largest absolute Gasteiger partial charge is 0.452 e. The first kappa shape index (κ1) is 25.2. The SMILES string of the molecule is CC(=O)c1ccc(C)c2oc3c(C)c(=O)cc(C(=O)C4CCCCO4)c-3nc12.CC1CCCCO1. The van der Waals surface area contributed by atoms with Crippen LogP contribution in [0.15, 0.2) is 27.4 Å². The zero-order valence-electron chi connectivity index (χ0n) is 20.9. The molecule has 35 heavy (non-hydrogen) atoms. The zero-order chi connectivity index (χ0) is 25.1. The van der Waals surface area contributed by atoms with Gasteiger partial charge in [-0.3, -0.25) is 14.4 Å². The molecule has 3 heterocycles. The number of hydrogen-bond donors (Lipinski definition) is 0. The van der Waals surface area contributed by atoms with Gasteiger partial charge in [-0.1, -0.05) is 6.07 Å². The number of rotatable bonds is 3. The summed E-state index contributed by atoms with van der Waals surface area (Å²) in [5.41, 5.74) is 2.67. The minimum absolute atomic E-state index is 0.146. The van der Waals surface area contributed by atoms with Crippen LogP contribution in [0.3, 0.4) is 0 Å². The van der Waals surface area contributed by atoms with E-state index in [4.69, 9.17) is 13.9 Å². The Morgan fingerprint density at radius 1 is 0.971 bits per heavy atom. The van der Waals surface area contributed by atoms with E-state index >= 15 is 0 Å². The summed E-state index contributed by atoms with van der Waals surface area (Å²) in [6.07, 6.45) is 6.29. The van der Waals surface area contributed by atoms with Crippen molar-refractivity contribution < 1.29 is 23.5 Å². The third-order valence-electron chi connectivity index (χ3n) is 6.74. The van der Waals surface area contributed by atoms with Crippen LogP contribution in [-0.2, 0) is 9.47 Å². The van der Waals surface area contributed by atoms with Crippen LogP contribution in [0.4, 0.5) is 0 Å². The van der Waals surface area contributed by atoms with Crippen LogP contribution in [0.25, 0.3) is 22.6 Å². The predicted octanol–water partition coefficient (Wildman–Crippen LogP) is 5.44. The van der Waals surface area contributed by atoms with Crippen LogP contribution in [0.5, 0.6) is 0 Å². The first-order chi connectivity index (χ1) is 16.8. The summed E-state index contributed by atoms with van der Waals surface area (Å²) in [7, 11) is 0. The highest BCUT2D eigenvalue weighted by molar-refractivity contribution is 6.08. The molecule has 2 fully saturated rings. The van der Waals surface area contributed by atoms with Gasteiger partial charge in [0.1, 0.15) is 17.3 Å². The van der Waals surface area contributed by atoms with Gasteiger partial charge in [-0.25, -0.2) is 4.98 Å². The van der Waals surface area contributed by atoms with Crippen molar-refractivity contribution in [3.8, 4) is 11.5 Å². The standard InChI is InChI=1S/C22H21NO5.C6H12O/c1-11-7-8-14(13(3)24)18-21(11)28-22-12(2)16(25)10-15(19(22)23-18)20(26)17-6-4-5-9-27-17;1-6-4-2-3-5-7-6/h7-8,10,17H,4-6,9H2,1-3H3;6H,2-5H2,1H3. The molecule has 0 amide bonds. The topological polar surface area (TPSA) is 95.7 Å². The maximum absolute atomic E-state index is 13.1. The molecule has 5 rings (SSSR count). The second kappa shape index (κ2) is 10.8. The molecule has 4 aliphatic rings. The van der Waals surface area contributed by atoms with E-state index in [9.17, 15) is 14.4 Å². The molecule has 0 saturated carbocycles. The molecule has 1 aromatic carbocycles. The Morgan fingerprint density at radius 3 is 2.26 bits per heavy atom. The van der Waals surface area contributed by atoms with Crippen LogP contribution in [-0.4, -0.2) is 42.0 Å². The van der Waals surface area contributed by atoms with Crippen molar-refractivity contribution in [2.45, 2.75) is 78.4 Å². The van der Waals surface area contributed by atoms with Crippen LogP contribution >= 0.6 is 0 Å². The van der Waals surface area contributed by atoms with Gasteiger partial charge >= 0.3 is 0 Å². The second-order valence-electron chi connectivity index (χ2n) is 9.50. The summed E-state index contributed by atoms with van der Waals surface area (Å²) < 4.78 is 16.9.